The summed E-state index contributed by atoms with van der Waals surface area (Å²) in [6, 6.07) is 5.52. The molecule has 0 aliphatic heterocycles. The van der Waals surface area contributed by atoms with Gasteiger partial charge in [0, 0.05) is 24.9 Å². The number of carbonyl (C=O) groups is 1. The van der Waals surface area contributed by atoms with E-state index in [0.717, 1.165) is 5.39 Å². The highest BCUT2D eigenvalue weighted by Gasteiger charge is 2.14. The van der Waals surface area contributed by atoms with Gasteiger partial charge in [-0.3, -0.25) is 4.79 Å². The zero-order valence-electron chi connectivity index (χ0n) is 19.0. The number of rotatable bonds is 13. The van der Waals surface area contributed by atoms with E-state index in [2.05, 4.69) is 39.5 Å². The van der Waals surface area contributed by atoms with E-state index in [-0.39, 0.29) is 18.3 Å². The van der Waals surface area contributed by atoms with Crippen molar-refractivity contribution in [1.82, 2.24) is 25.1 Å². The Morgan fingerprint density at radius 3 is 2.73 bits per heavy atom. The fourth-order valence-corrected chi connectivity index (χ4v) is 3.62. The lowest BCUT2D eigenvalue weighted by Gasteiger charge is -2.11. The summed E-state index contributed by atoms with van der Waals surface area (Å²) in [7, 11) is 0. The second kappa shape index (κ2) is 12.4. The highest BCUT2D eigenvalue weighted by Crippen LogP contribution is 2.26. The van der Waals surface area contributed by atoms with E-state index in [1.165, 1.54) is 24.3 Å². The van der Waals surface area contributed by atoms with Crippen molar-refractivity contribution >= 4 is 34.5 Å². The molecule has 0 fully saturated rings. The summed E-state index contributed by atoms with van der Waals surface area (Å²) in [4.78, 5) is 21.4. The van der Waals surface area contributed by atoms with E-state index in [0.29, 0.717) is 60.5 Å². The highest BCUT2D eigenvalue weighted by atomic mass is 32.2. The number of hydrogen-bond acceptors (Lipinski definition) is 8. The number of aromatic nitrogens is 4. The third-order valence-corrected chi connectivity index (χ3v) is 5.25. The Labute approximate surface area is 196 Å². The number of nitrogens with zero attached hydrogens (tertiary/aromatic N) is 4. The molecular formula is C22H29FN6O3S. The minimum absolute atomic E-state index is 0.156. The van der Waals surface area contributed by atoms with Crippen LogP contribution in [0.1, 0.15) is 20.8 Å². The monoisotopic (exact) mass is 476 g/mol. The largest absolute Gasteiger partial charge is 0.484 e. The highest BCUT2D eigenvalue weighted by molar-refractivity contribution is 7.99. The molecule has 0 unspecified atom stereocenters. The molecule has 1 aromatic carbocycles. The maximum atomic E-state index is 12.9. The standard InChI is InChI=1S/C22H29FN6O3S/c1-4-31-12-10-25-20-18-13-26-29(21(18)28-22(27-20)33-15(2)3)11-9-24-19(30)14-32-17-7-5-16(23)6-8-17/h5-8,13,15H,4,9-12,14H2,1-3H3,(H,24,30)(H,25,27,28). The summed E-state index contributed by atoms with van der Waals surface area (Å²) in [5, 5.41) is 12.3. The third kappa shape index (κ3) is 7.57. The van der Waals surface area contributed by atoms with Crippen LogP contribution in [-0.2, 0) is 16.1 Å². The van der Waals surface area contributed by atoms with Gasteiger partial charge in [0.1, 0.15) is 17.4 Å². The second-order valence-corrected chi connectivity index (χ2v) is 8.89. The van der Waals surface area contributed by atoms with Gasteiger partial charge in [-0.15, -0.1) is 0 Å². The summed E-state index contributed by atoms with van der Waals surface area (Å²) in [5.74, 6) is 0.510. The average molecular weight is 477 g/mol. The molecule has 33 heavy (non-hydrogen) atoms. The van der Waals surface area contributed by atoms with Crippen LogP contribution >= 0.6 is 11.8 Å². The summed E-state index contributed by atoms with van der Waals surface area (Å²) in [6.45, 7) is 8.63. The van der Waals surface area contributed by atoms with Gasteiger partial charge in [0.15, 0.2) is 17.4 Å². The zero-order chi connectivity index (χ0) is 23.6. The summed E-state index contributed by atoms with van der Waals surface area (Å²) < 4.78 is 25.4. The van der Waals surface area contributed by atoms with Crippen LogP contribution in [0.4, 0.5) is 10.2 Å². The van der Waals surface area contributed by atoms with Gasteiger partial charge in [0.05, 0.1) is 24.7 Å². The van der Waals surface area contributed by atoms with Crippen molar-refractivity contribution in [1.29, 1.82) is 0 Å². The Balaban J connectivity index is 1.60. The molecule has 2 heterocycles. The maximum Gasteiger partial charge on any atom is 0.258 e. The molecule has 9 nitrogen and oxygen atoms in total. The number of ether oxygens (including phenoxy) is 2. The van der Waals surface area contributed by atoms with Crippen molar-refractivity contribution in [3.05, 3.63) is 36.3 Å². The number of carbonyl (C=O) groups excluding carboxylic acids is 1. The third-order valence-electron chi connectivity index (χ3n) is 4.39. The molecule has 1 amide bonds. The van der Waals surface area contributed by atoms with Gasteiger partial charge in [-0.2, -0.15) is 5.10 Å². The number of amides is 1. The van der Waals surface area contributed by atoms with Crippen LogP contribution < -0.4 is 15.4 Å². The van der Waals surface area contributed by atoms with Crippen LogP contribution in [0.5, 0.6) is 5.75 Å². The molecule has 0 aliphatic carbocycles. The maximum absolute atomic E-state index is 12.9. The first-order valence-electron chi connectivity index (χ1n) is 10.8. The molecule has 3 aromatic rings. The van der Waals surface area contributed by atoms with E-state index < -0.39 is 0 Å². The summed E-state index contributed by atoms with van der Waals surface area (Å²) in [6.07, 6.45) is 1.72. The molecule has 2 N–H and O–H groups in total. The van der Waals surface area contributed by atoms with Crippen molar-refractivity contribution in [2.45, 2.75) is 37.7 Å². The van der Waals surface area contributed by atoms with Crippen LogP contribution in [0, 0.1) is 5.82 Å². The van der Waals surface area contributed by atoms with Crippen LogP contribution in [0.15, 0.2) is 35.6 Å². The van der Waals surface area contributed by atoms with Gasteiger partial charge in [0.2, 0.25) is 0 Å². The average Bonchev–Trinajstić information content (AvgIpc) is 3.19. The Morgan fingerprint density at radius 1 is 1.21 bits per heavy atom. The molecule has 178 valence electrons. The number of anilines is 1. The van der Waals surface area contributed by atoms with Gasteiger partial charge in [-0.25, -0.2) is 19.0 Å². The fourth-order valence-electron chi connectivity index (χ4n) is 2.92. The van der Waals surface area contributed by atoms with E-state index in [4.69, 9.17) is 9.47 Å². The predicted octanol–water partition coefficient (Wildman–Crippen LogP) is 3.11. The molecule has 0 saturated heterocycles. The summed E-state index contributed by atoms with van der Waals surface area (Å²) >= 11 is 1.57. The minimum Gasteiger partial charge on any atom is -0.484 e. The Hall–Kier alpha value is -2.92. The van der Waals surface area contributed by atoms with Crippen molar-refractivity contribution in [3.63, 3.8) is 0 Å². The fraction of sp³-hybridized carbons (Fsp3) is 0.455. The van der Waals surface area contributed by atoms with Crippen LogP contribution in [0.2, 0.25) is 0 Å². The van der Waals surface area contributed by atoms with E-state index >= 15 is 0 Å². The van der Waals surface area contributed by atoms with Crippen molar-refractivity contribution in [3.8, 4) is 5.75 Å². The quantitative estimate of drug-likeness (QED) is 0.220. The van der Waals surface area contributed by atoms with Gasteiger partial charge in [0.25, 0.3) is 5.91 Å². The van der Waals surface area contributed by atoms with E-state index in [1.807, 2.05) is 6.92 Å². The molecule has 0 aliphatic rings. The lowest BCUT2D eigenvalue weighted by Crippen LogP contribution is -2.31. The van der Waals surface area contributed by atoms with Gasteiger partial charge < -0.3 is 20.1 Å². The molecule has 0 atom stereocenters. The van der Waals surface area contributed by atoms with Crippen molar-refractivity contribution < 1.29 is 18.7 Å². The topological polar surface area (TPSA) is 103 Å². The molecular weight excluding hydrogens is 447 g/mol. The lowest BCUT2D eigenvalue weighted by molar-refractivity contribution is -0.123. The smallest absolute Gasteiger partial charge is 0.258 e. The predicted molar refractivity (Wildman–Crippen MR) is 126 cm³/mol. The minimum atomic E-state index is -0.357. The first-order chi connectivity index (χ1) is 16.0. The van der Waals surface area contributed by atoms with E-state index in [9.17, 15) is 9.18 Å². The molecule has 0 bridgehead atoms. The van der Waals surface area contributed by atoms with Gasteiger partial charge in [-0.05, 0) is 31.2 Å². The van der Waals surface area contributed by atoms with Gasteiger partial charge in [-0.1, -0.05) is 25.6 Å². The number of benzene rings is 1. The molecule has 0 spiro atoms. The Kier molecular flexibility index (Phi) is 9.25. The normalized spacial score (nSPS) is 11.2. The first kappa shape index (κ1) is 24.7. The first-order valence-corrected chi connectivity index (χ1v) is 11.7. The van der Waals surface area contributed by atoms with Crippen molar-refractivity contribution in [2.75, 3.05) is 38.2 Å². The lowest BCUT2D eigenvalue weighted by atomic mass is 10.3. The Bertz CT molecular complexity index is 1040. The SMILES string of the molecule is CCOCCNc1nc(SC(C)C)nc2c1cnn2CCNC(=O)COc1ccc(F)cc1. The number of thioether (sulfide) groups is 1. The zero-order valence-corrected chi connectivity index (χ0v) is 19.8. The molecule has 11 heteroatoms. The van der Waals surface area contributed by atoms with Crippen LogP contribution in [0.3, 0.4) is 0 Å². The molecule has 0 saturated carbocycles. The van der Waals surface area contributed by atoms with Crippen LogP contribution in [-0.4, -0.2) is 63.8 Å². The number of hydrogen-bond donors (Lipinski definition) is 2. The Morgan fingerprint density at radius 2 is 2.00 bits per heavy atom. The molecule has 2 aromatic heterocycles. The second-order valence-electron chi connectivity index (χ2n) is 7.34. The van der Waals surface area contributed by atoms with Crippen molar-refractivity contribution in [2.24, 2.45) is 0 Å². The molecule has 0 radical (unpaired) electrons. The van der Waals surface area contributed by atoms with Crippen LogP contribution in [0.25, 0.3) is 11.0 Å². The van der Waals surface area contributed by atoms with Gasteiger partial charge >= 0.3 is 0 Å². The summed E-state index contributed by atoms with van der Waals surface area (Å²) in [5.41, 5.74) is 0.698. The number of nitrogens with one attached hydrogen (secondary N) is 2. The molecule has 3 rings (SSSR count). The van der Waals surface area contributed by atoms with E-state index in [1.54, 1.807) is 22.6 Å². The number of halogens is 1. The number of fused-ring (bicyclic) bond motifs is 1.